The summed E-state index contributed by atoms with van der Waals surface area (Å²) in [6, 6.07) is 5.93. The second-order valence-electron chi connectivity index (χ2n) is 5.33. The predicted octanol–water partition coefficient (Wildman–Crippen LogP) is 3.03. The van der Waals surface area contributed by atoms with Crippen molar-refractivity contribution in [3.63, 3.8) is 0 Å². The molecule has 0 aromatic carbocycles. The van der Waals surface area contributed by atoms with Crippen LogP contribution in [0.5, 0.6) is 0 Å². The van der Waals surface area contributed by atoms with Crippen LogP contribution in [0.3, 0.4) is 0 Å². The molecule has 120 valence electrons. The number of carbonyl (C=O) groups is 1. The number of aromatic nitrogens is 2. The first kappa shape index (κ1) is 15.9. The molecule has 0 aliphatic carbocycles. The molecule has 5 nitrogen and oxygen atoms in total. The number of amides is 1. The SMILES string of the molecule is CN(Cc1nc2ccsc2c(=O)[nH]1)C(=O)CCCc1cccs1. The van der Waals surface area contributed by atoms with E-state index in [1.807, 2.05) is 22.9 Å². The van der Waals surface area contributed by atoms with Gasteiger partial charge in [-0.2, -0.15) is 0 Å². The molecule has 0 radical (unpaired) electrons. The molecule has 0 bridgehead atoms. The summed E-state index contributed by atoms with van der Waals surface area (Å²) in [6.45, 7) is 0.318. The molecule has 1 N–H and O–H groups in total. The number of fused-ring (bicyclic) bond motifs is 1. The van der Waals surface area contributed by atoms with Gasteiger partial charge in [0.15, 0.2) is 0 Å². The molecule has 0 unspecified atom stereocenters. The van der Waals surface area contributed by atoms with E-state index < -0.39 is 0 Å². The molecule has 0 saturated heterocycles. The minimum absolute atomic E-state index is 0.0645. The number of nitrogens with zero attached hydrogens (tertiary/aromatic N) is 2. The van der Waals surface area contributed by atoms with Crippen molar-refractivity contribution in [1.29, 1.82) is 0 Å². The topological polar surface area (TPSA) is 66.1 Å². The molecule has 0 fully saturated rings. The van der Waals surface area contributed by atoms with Gasteiger partial charge in [0.1, 0.15) is 10.5 Å². The number of hydrogen-bond donors (Lipinski definition) is 1. The van der Waals surface area contributed by atoms with Crippen molar-refractivity contribution in [1.82, 2.24) is 14.9 Å². The van der Waals surface area contributed by atoms with Gasteiger partial charge in [0, 0.05) is 18.3 Å². The van der Waals surface area contributed by atoms with Crippen LogP contribution in [0, 0.1) is 0 Å². The smallest absolute Gasteiger partial charge is 0.268 e. The summed E-state index contributed by atoms with van der Waals surface area (Å²) >= 11 is 3.09. The standard InChI is InChI=1S/C16H17N3O2S2/c1-19(14(20)6-2-4-11-5-3-8-22-11)10-13-17-12-7-9-23-15(12)16(21)18-13/h3,5,7-9H,2,4,6,10H2,1H3,(H,17,18,21). The second-order valence-corrected chi connectivity index (χ2v) is 7.28. The molecule has 3 aromatic heterocycles. The van der Waals surface area contributed by atoms with Crippen molar-refractivity contribution < 1.29 is 4.79 Å². The van der Waals surface area contributed by atoms with Crippen molar-refractivity contribution in [3.8, 4) is 0 Å². The third-order valence-corrected chi connectivity index (χ3v) is 5.41. The van der Waals surface area contributed by atoms with Gasteiger partial charge in [-0.25, -0.2) is 4.98 Å². The van der Waals surface area contributed by atoms with Crippen LogP contribution in [0.2, 0.25) is 0 Å². The average Bonchev–Trinajstić information content (AvgIpc) is 3.18. The zero-order valence-corrected chi connectivity index (χ0v) is 14.4. The molecular formula is C16H17N3O2S2. The van der Waals surface area contributed by atoms with E-state index in [0.717, 1.165) is 12.8 Å². The molecular weight excluding hydrogens is 330 g/mol. The monoisotopic (exact) mass is 347 g/mol. The van der Waals surface area contributed by atoms with Gasteiger partial charge >= 0.3 is 0 Å². The summed E-state index contributed by atoms with van der Waals surface area (Å²) in [6.07, 6.45) is 2.25. The Balaban J connectivity index is 1.57. The highest BCUT2D eigenvalue weighted by Gasteiger charge is 2.12. The highest BCUT2D eigenvalue weighted by atomic mass is 32.1. The lowest BCUT2D eigenvalue weighted by Gasteiger charge is -2.16. The van der Waals surface area contributed by atoms with Gasteiger partial charge < -0.3 is 9.88 Å². The summed E-state index contributed by atoms with van der Waals surface area (Å²) in [5, 5.41) is 3.89. The van der Waals surface area contributed by atoms with E-state index in [4.69, 9.17) is 0 Å². The van der Waals surface area contributed by atoms with Gasteiger partial charge in [0.2, 0.25) is 5.91 Å². The number of aromatic amines is 1. The number of aryl methyl sites for hydroxylation is 1. The van der Waals surface area contributed by atoms with Crippen LogP contribution in [-0.2, 0) is 17.8 Å². The molecule has 0 atom stereocenters. The number of rotatable bonds is 6. The fourth-order valence-corrected chi connectivity index (χ4v) is 3.85. The first-order valence-electron chi connectivity index (χ1n) is 7.36. The number of hydrogen-bond acceptors (Lipinski definition) is 5. The first-order valence-corrected chi connectivity index (χ1v) is 9.12. The molecule has 7 heteroatoms. The number of thiophene rings is 2. The lowest BCUT2D eigenvalue weighted by Crippen LogP contribution is -2.28. The number of nitrogens with one attached hydrogen (secondary N) is 1. The molecule has 23 heavy (non-hydrogen) atoms. The van der Waals surface area contributed by atoms with Crippen LogP contribution < -0.4 is 5.56 Å². The van der Waals surface area contributed by atoms with Crippen LogP contribution in [0.15, 0.2) is 33.8 Å². The van der Waals surface area contributed by atoms with Crippen LogP contribution >= 0.6 is 22.7 Å². The Hall–Kier alpha value is -1.99. The third-order valence-electron chi connectivity index (χ3n) is 3.57. The van der Waals surface area contributed by atoms with E-state index in [-0.39, 0.29) is 11.5 Å². The highest BCUT2D eigenvalue weighted by molar-refractivity contribution is 7.17. The van der Waals surface area contributed by atoms with Crippen molar-refractivity contribution in [2.75, 3.05) is 7.05 Å². The average molecular weight is 347 g/mol. The minimum Gasteiger partial charge on any atom is -0.338 e. The maximum Gasteiger partial charge on any atom is 0.268 e. The van der Waals surface area contributed by atoms with Crippen molar-refractivity contribution in [3.05, 3.63) is 50.0 Å². The Morgan fingerprint density at radius 3 is 2.96 bits per heavy atom. The van der Waals surface area contributed by atoms with E-state index in [0.29, 0.717) is 29.0 Å². The summed E-state index contributed by atoms with van der Waals surface area (Å²) in [4.78, 5) is 34.2. The quantitative estimate of drug-likeness (QED) is 0.745. The van der Waals surface area contributed by atoms with Crippen LogP contribution in [-0.4, -0.2) is 27.8 Å². The Labute approximate surface area is 141 Å². The maximum atomic E-state index is 12.2. The van der Waals surface area contributed by atoms with E-state index in [9.17, 15) is 9.59 Å². The van der Waals surface area contributed by atoms with E-state index in [2.05, 4.69) is 16.0 Å². The zero-order valence-electron chi connectivity index (χ0n) is 12.7. The maximum absolute atomic E-state index is 12.2. The van der Waals surface area contributed by atoms with E-state index in [1.54, 1.807) is 23.3 Å². The lowest BCUT2D eigenvalue weighted by atomic mass is 10.2. The molecule has 0 saturated carbocycles. The highest BCUT2D eigenvalue weighted by Crippen LogP contribution is 2.15. The molecule has 1 amide bonds. The molecule has 0 aliphatic heterocycles. The summed E-state index contributed by atoms with van der Waals surface area (Å²) in [7, 11) is 1.74. The van der Waals surface area contributed by atoms with Crippen molar-refractivity contribution in [2.24, 2.45) is 0 Å². The Morgan fingerprint density at radius 1 is 1.30 bits per heavy atom. The summed E-state index contributed by atoms with van der Waals surface area (Å²) < 4.78 is 0.624. The van der Waals surface area contributed by atoms with Gasteiger partial charge in [0.25, 0.3) is 5.56 Å². The Kier molecular flexibility index (Phi) is 4.88. The van der Waals surface area contributed by atoms with Gasteiger partial charge in [-0.15, -0.1) is 22.7 Å². The normalized spacial score (nSPS) is 11.0. The molecule has 3 aromatic rings. The van der Waals surface area contributed by atoms with E-state index >= 15 is 0 Å². The summed E-state index contributed by atoms with van der Waals surface area (Å²) in [5.41, 5.74) is 0.547. The fraction of sp³-hybridized carbons (Fsp3) is 0.312. The fourth-order valence-electron chi connectivity index (χ4n) is 2.37. The van der Waals surface area contributed by atoms with Gasteiger partial charge in [-0.1, -0.05) is 6.07 Å². The molecule has 3 heterocycles. The first-order chi connectivity index (χ1) is 11.1. The van der Waals surface area contributed by atoms with Crippen LogP contribution in [0.25, 0.3) is 10.2 Å². The zero-order chi connectivity index (χ0) is 16.2. The van der Waals surface area contributed by atoms with Gasteiger partial charge in [-0.05, 0) is 35.7 Å². The largest absolute Gasteiger partial charge is 0.338 e. The molecule has 0 spiro atoms. The predicted molar refractivity (Wildman–Crippen MR) is 94.0 cm³/mol. The second kappa shape index (κ2) is 7.06. The van der Waals surface area contributed by atoms with Crippen LogP contribution in [0.1, 0.15) is 23.5 Å². The molecule has 3 rings (SSSR count). The third kappa shape index (κ3) is 3.86. The molecule has 0 aliphatic rings. The number of carbonyl (C=O) groups excluding carboxylic acids is 1. The lowest BCUT2D eigenvalue weighted by molar-refractivity contribution is -0.130. The van der Waals surface area contributed by atoms with E-state index in [1.165, 1.54) is 16.2 Å². The Bertz CT molecular complexity index is 852. The van der Waals surface area contributed by atoms with Crippen molar-refractivity contribution in [2.45, 2.75) is 25.8 Å². The van der Waals surface area contributed by atoms with Gasteiger partial charge in [0.05, 0.1) is 12.1 Å². The van der Waals surface area contributed by atoms with Crippen molar-refractivity contribution >= 4 is 38.8 Å². The van der Waals surface area contributed by atoms with Crippen LogP contribution in [0.4, 0.5) is 0 Å². The van der Waals surface area contributed by atoms with Gasteiger partial charge in [-0.3, -0.25) is 9.59 Å². The Morgan fingerprint density at radius 2 is 2.17 bits per heavy atom. The minimum atomic E-state index is -0.140. The number of H-pyrrole nitrogens is 1. The summed E-state index contributed by atoms with van der Waals surface area (Å²) in [5.74, 6) is 0.588.